The minimum absolute atomic E-state index is 0.700. The number of hydrogen-bond acceptors (Lipinski definition) is 3. The van der Waals surface area contributed by atoms with E-state index in [-0.39, 0.29) is 0 Å². The van der Waals surface area contributed by atoms with Gasteiger partial charge in [0.2, 0.25) is 5.95 Å². The summed E-state index contributed by atoms with van der Waals surface area (Å²) < 4.78 is 0. The van der Waals surface area contributed by atoms with Gasteiger partial charge in [-0.3, -0.25) is 0 Å². The number of nitrogens with zero attached hydrogens (tertiary/aromatic N) is 2. The molecule has 0 spiro atoms. The van der Waals surface area contributed by atoms with Gasteiger partial charge in [-0.25, -0.2) is 9.97 Å². The van der Waals surface area contributed by atoms with Crippen LogP contribution in [0.5, 0.6) is 0 Å². The fraction of sp³-hybridized carbons (Fsp3) is 0.333. The first-order chi connectivity index (χ1) is 8.60. The summed E-state index contributed by atoms with van der Waals surface area (Å²) in [5.74, 6) is 0.700. The third kappa shape index (κ3) is 2.67. The largest absolute Gasteiger partial charge is 0.354 e. The second-order valence-corrected chi connectivity index (χ2v) is 4.55. The van der Waals surface area contributed by atoms with E-state index in [9.17, 15) is 0 Å². The highest BCUT2D eigenvalue weighted by atomic mass is 15.1. The molecule has 0 amide bonds. The van der Waals surface area contributed by atoms with Crippen molar-refractivity contribution in [2.24, 2.45) is 0 Å². The molecule has 0 aliphatic carbocycles. The van der Waals surface area contributed by atoms with Crippen LogP contribution in [0.4, 0.5) is 5.95 Å². The molecular weight excluding hydrogens is 222 g/mol. The van der Waals surface area contributed by atoms with Gasteiger partial charge in [0, 0.05) is 17.8 Å². The normalized spacial score (nSPS) is 10.4. The van der Waals surface area contributed by atoms with Gasteiger partial charge in [0.1, 0.15) is 0 Å². The molecule has 3 nitrogen and oxygen atoms in total. The molecule has 18 heavy (non-hydrogen) atoms. The van der Waals surface area contributed by atoms with Crippen molar-refractivity contribution in [3.05, 3.63) is 41.1 Å². The van der Waals surface area contributed by atoms with Gasteiger partial charge in [-0.1, -0.05) is 12.1 Å². The van der Waals surface area contributed by atoms with Crippen molar-refractivity contribution >= 4 is 5.95 Å². The topological polar surface area (TPSA) is 37.8 Å². The summed E-state index contributed by atoms with van der Waals surface area (Å²) in [6.07, 6.45) is 0. The van der Waals surface area contributed by atoms with Crippen molar-refractivity contribution in [1.82, 2.24) is 9.97 Å². The van der Waals surface area contributed by atoms with Crippen molar-refractivity contribution < 1.29 is 0 Å². The predicted molar refractivity (Wildman–Crippen MR) is 75.8 cm³/mol. The summed E-state index contributed by atoms with van der Waals surface area (Å²) in [6.45, 7) is 9.11. The highest BCUT2D eigenvalue weighted by molar-refractivity contribution is 5.62. The number of anilines is 1. The van der Waals surface area contributed by atoms with Gasteiger partial charge in [-0.15, -0.1) is 0 Å². The summed E-state index contributed by atoms with van der Waals surface area (Å²) in [4.78, 5) is 8.91. The van der Waals surface area contributed by atoms with Crippen LogP contribution in [0.3, 0.4) is 0 Å². The van der Waals surface area contributed by atoms with Gasteiger partial charge in [0.05, 0.1) is 5.69 Å². The molecule has 0 bridgehead atoms. The Balaban J connectivity index is 2.46. The van der Waals surface area contributed by atoms with E-state index >= 15 is 0 Å². The van der Waals surface area contributed by atoms with Crippen LogP contribution in [0.15, 0.2) is 24.3 Å². The van der Waals surface area contributed by atoms with E-state index in [1.54, 1.807) is 0 Å². The molecule has 2 aromatic rings. The lowest BCUT2D eigenvalue weighted by Gasteiger charge is -2.08. The molecule has 0 radical (unpaired) electrons. The maximum atomic E-state index is 4.54. The molecule has 3 heteroatoms. The van der Waals surface area contributed by atoms with Gasteiger partial charge in [-0.05, 0) is 51.0 Å². The number of aryl methyl sites for hydroxylation is 3. The van der Waals surface area contributed by atoms with Crippen LogP contribution >= 0.6 is 0 Å². The molecule has 1 aromatic heterocycles. The first-order valence-electron chi connectivity index (χ1n) is 6.27. The van der Waals surface area contributed by atoms with Gasteiger partial charge in [0.15, 0.2) is 0 Å². The zero-order valence-electron chi connectivity index (χ0n) is 11.4. The summed E-state index contributed by atoms with van der Waals surface area (Å²) in [7, 11) is 0. The standard InChI is InChI=1S/C15H19N3/c1-5-16-15-17-12(4)9-14(18-15)13-7-6-10(2)11(3)8-13/h6-9H,5H2,1-4H3,(H,16,17,18). The third-order valence-electron chi connectivity index (χ3n) is 2.99. The summed E-state index contributed by atoms with van der Waals surface area (Å²) in [5.41, 5.74) is 5.68. The second-order valence-electron chi connectivity index (χ2n) is 4.55. The zero-order chi connectivity index (χ0) is 13.1. The maximum Gasteiger partial charge on any atom is 0.223 e. The van der Waals surface area contributed by atoms with Crippen LogP contribution in [0.2, 0.25) is 0 Å². The quantitative estimate of drug-likeness (QED) is 0.893. The van der Waals surface area contributed by atoms with E-state index in [4.69, 9.17) is 0 Å². The van der Waals surface area contributed by atoms with Crippen molar-refractivity contribution in [1.29, 1.82) is 0 Å². The molecule has 1 N–H and O–H groups in total. The zero-order valence-corrected chi connectivity index (χ0v) is 11.4. The summed E-state index contributed by atoms with van der Waals surface area (Å²) in [5, 5.41) is 3.16. The number of rotatable bonds is 3. The summed E-state index contributed by atoms with van der Waals surface area (Å²) in [6, 6.07) is 8.44. The van der Waals surface area contributed by atoms with E-state index in [1.807, 2.05) is 19.9 Å². The molecule has 0 unspecified atom stereocenters. The first-order valence-corrected chi connectivity index (χ1v) is 6.27. The molecule has 0 saturated carbocycles. The lowest BCUT2D eigenvalue weighted by molar-refractivity contribution is 1.05. The first kappa shape index (κ1) is 12.6. The molecule has 0 saturated heterocycles. The SMILES string of the molecule is CCNc1nc(C)cc(-c2ccc(C)c(C)c2)n1. The second kappa shape index (κ2) is 5.17. The Morgan fingerprint density at radius 2 is 1.78 bits per heavy atom. The van der Waals surface area contributed by atoms with Gasteiger partial charge < -0.3 is 5.32 Å². The van der Waals surface area contributed by atoms with Crippen LogP contribution in [0.1, 0.15) is 23.7 Å². The molecule has 0 atom stereocenters. The Kier molecular flexibility index (Phi) is 3.60. The van der Waals surface area contributed by atoms with Crippen molar-refractivity contribution in [3.63, 3.8) is 0 Å². The van der Waals surface area contributed by atoms with Crippen LogP contribution < -0.4 is 5.32 Å². The van der Waals surface area contributed by atoms with Gasteiger partial charge in [-0.2, -0.15) is 0 Å². The number of hydrogen-bond donors (Lipinski definition) is 1. The highest BCUT2D eigenvalue weighted by Crippen LogP contribution is 2.21. The van der Waals surface area contributed by atoms with Crippen molar-refractivity contribution in [2.45, 2.75) is 27.7 Å². The Morgan fingerprint density at radius 3 is 2.44 bits per heavy atom. The number of nitrogens with one attached hydrogen (secondary N) is 1. The average molecular weight is 241 g/mol. The molecule has 94 valence electrons. The monoisotopic (exact) mass is 241 g/mol. The van der Waals surface area contributed by atoms with Gasteiger partial charge in [0.25, 0.3) is 0 Å². The predicted octanol–water partition coefficient (Wildman–Crippen LogP) is 3.50. The average Bonchev–Trinajstić information content (AvgIpc) is 2.32. The molecule has 0 aliphatic rings. The Morgan fingerprint density at radius 1 is 1.00 bits per heavy atom. The lowest BCUT2D eigenvalue weighted by atomic mass is 10.0. The molecule has 1 heterocycles. The van der Waals surface area contributed by atoms with Crippen molar-refractivity contribution in [3.8, 4) is 11.3 Å². The fourth-order valence-corrected chi connectivity index (χ4v) is 1.85. The fourth-order valence-electron chi connectivity index (χ4n) is 1.85. The third-order valence-corrected chi connectivity index (χ3v) is 2.99. The van der Waals surface area contributed by atoms with Crippen molar-refractivity contribution in [2.75, 3.05) is 11.9 Å². The number of aromatic nitrogens is 2. The maximum absolute atomic E-state index is 4.54. The lowest BCUT2D eigenvalue weighted by Crippen LogP contribution is -2.04. The molecule has 2 rings (SSSR count). The Hall–Kier alpha value is -1.90. The number of benzene rings is 1. The minimum Gasteiger partial charge on any atom is -0.354 e. The van der Waals surface area contributed by atoms with E-state index < -0.39 is 0 Å². The van der Waals surface area contributed by atoms with E-state index in [1.165, 1.54) is 11.1 Å². The van der Waals surface area contributed by atoms with Crippen LogP contribution in [0, 0.1) is 20.8 Å². The van der Waals surface area contributed by atoms with E-state index in [0.717, 1.165) is 23.5 Å². The Labute approximate surface area is 108 Å². The van der Waals surface area contributed by atoms with Crippen LogP contribution in [0.25, 0.3) is 11.3 Å². The molecule has 0 aliphatic heterocycles. The van der Waals surface area contributed by atoms with E-state index in [0.29, 0.717) is 5.95 Å². The van der Waals surface area contributed by atoms with E-state index in [2.05, 4.69) is 47.3 Å². The summed E-state index contributed by atoms with van der Waals surface area (Å²) >= 11 is 0. The van der Waals surface area contributed by atoms with Gasteiger partial charge >= 0.3 is 0 Å². The van der Waals surface area contributed by atoms with Crippen LogP contribution in [-0.4, -0.2) is 16.5 Å². The minimum atomic E-state index is 0.700. The molecular formula is C15H19N3. The molecule has 1 aromatic carbocycles. The smallest absolute Gasteiger partial charge is 0.223 e. The molecule has 0 fully saturated rings. The highest BCUT2D eigenvalue weighted by Gasteiger charge is 2.05. The van der Waals surface area contributed by atoms with Crippen LogP contribution in [-0.2, 0) is 0 Å². The Bertz CT molecular complexity index is 562.